The number of hydroxylamine groups is 1. The number of carbonyl (C=O) groups is 1. The third-order valence-electron chi connectivity index (χ3n) is 6.43. The number of methoxy groups -OCH3 is 1. The van der Waals surface area contributed by atoms with Gasteiger partial charge in [0.25, 0.3) is 0 Å². The smallest absolute Gasteiger partial charge is 0.413 e. The summed E-state index contributed by atoms with van der Waals surface area (Å²) in [4.78, 5) is 11.7. The lowest BCUT2D eigenvalue weighted by Crippen LogP contribution is -2.63. The number of hydrogen-bond acceptors (Lipinski definition) is 17. The molecule has 24 heteroatoms. The molecule has 0 saturated carbocycles. The van der Waals surface area contributed by atoms with E-state index in [0.717, 1.165) is 0 Å². The van der Waals surface area contributed by atoms with Crippen LogP contribution >= 0.6 is 0 Å². The molecule has 0 bridgehead atoms. The van der Waals surface area contributed by atoms with Gasteiger partial charge in [-0.2, -0.15) is 35.0 Å². The van der Waals surface area contributed by atoms with Crippen LogP contribution in [0.3, 0.4) is 0 Å². The Balaban J connectivity index is 2.30. The fraction of sp³-hybridized carbons (Fsp3) is 0.944. The molecule has 10 atom stereocenters. The van der Waals surface area contributed by atoms with Crippen molar-refractivity contribution >= 4 is 37.2 Å². The quantitative estimate of drug-likeness (QED) is 0.0610. The van der Waals surface area contributed by atoms with Crippen LogP contribution in [0, 0.1) is 11.8 Å². The molecule has 2 aliphatic rings. The first kappa shape index (κ1) is 37.0. The minimum Gasteiger partial charge on any atom is -0.479 e. The molecule has 248 valence electrons. The third-order valence-corrected chi connectivity index (χ3v) is 7.63. The maximum atomic E-state index is 11.7. The fourth-order valence-electron chi connectivity index (χ4n) is 4.63. The molecule has 2 saturated heterocycles. The first-order valence-corrected chi connectivity index (χ1v) is 16.0. The molecule has 0 aliphatic carbocycles. The molecule has 42 heavy (non-hydrogen) atoms. The Morgan fingerprint density at radius 3 is 1.95 bits per heavy atom. The Morgan fingerprint density at radius 2 is 1.45 bits per heavy atom. The van der Waals surface area contributed by atoms with E-state index in [0.29, 0.717) is 0 Å². The number of aliphatic hydroxyl groups is 2. The molecule has 21 nitrogen and oxygen atoms in total. The fourth-order valence-corrected chi connectivity index (χ4v) is 5.68. The normalized spacial score (nSPS) is 34.7. The Bertz CT molecular complexity index is 1210. The van der Waals surface area contributed by atoms with Crippen LogP contribution in [0.1, 0.15) is 13.3 Å². The summed E-state index contributed by atoms with van der Waals surface area (Å²) in [6.07, 6.45) is -11.4. The van der Waals surface area contributed by atoms with Crippen LogP contribution in [0.5, 0.6) is 0 Å². The van der Waals surface area contributed by atoms with E-state index in [2.05, 4.69) is 12.6 Å². The van der Waals surface area contributed by atoms with Gasteiger partial charge in [-0.1, -0.05) is 6.92 Å². The molecule has 0 aromatic carbocycles. The topological polar surface area (TPSA) is 318 Å². The first-order chi connectivity index (χ1) is 19.3. The minimum atomic E-state index is -5.18. The number of ether oxygens (including phenoxy) is 4. The molecular formula is C18H33NO20S3. The number of carboxylic acids is 1. The zero-order chi connectivity index (χ0) is 32.0. The van der Waals surface area contributed by atoms with Crippen LogP contribution in [0.15, 0.2) is 0 Å². The summed E-state index contributed by atoms with van der Waals surface area (Å²) in [5, 5.41) is 31.2. The van der Waals surface area contributed by atoms with Gasteiger partial charge in [0.1, 0.15) is 18.3 Å². The van der Waals surface area contributed by atoms with Gasteiger partial charge in [-0.3, -0.25) is 13.7 Å². The average Bonchev–Trinajstić information content (AvgIpc) is 2.83. The van der Waals surface area contributed by atoms with Crippen molar-refractivity contribution in [2.45, 2.75) is 62.1 Å². The van der Waals surface area contributed by atoms with Crippen molar-refractivity contribution in [2.75, 3.05) is 33.5 Å². The summed E-state index contributed by atoms with van der Waals surface area (Å²) in [6.45, 7) is -1.18. The summed E-state index contributed by atoms with van der Waals surface area (Å²) < 4.78 is 129. The summed E-state index contributed by atoms with van der Waals surface area (Å²) in [5.74, 6) is -4.03. The van der Waals surface area contributed by atoms with Crippen molar-refractivity contribution < 1.29 is 90.6 Å². The van der Waals surface area contributed by atoms with Crippen LogP contribution in [0.4, 0.5) is 0 Å². The standard InChI is InChI=1S/C18H33NO20S3/c1-3-8-15(21)17(38-41(27,28)29)12(37-16(8)18(22)23)6-34-4-9-10(7-35-40(24,25)26)36-11(5-33-2)13(14(9)20)19-39-42(30,31)32/h8-17,19-21H,3-7H2,1-2H3,(H,22,23)(H,24,25,26)(H,27,28,29)(H,30,31,32). The lowest BCUT2D eigenvalue weighted by molar-refractivity contribution is -0.224. The summed E-state index contributed by atoms with van der Waals surface area (Å²) in [6, 6.07) is -1.49. The van der Waals surface area contributed by atoms with Gasteiger partial charge in [0.15, 0.2) is 6.10 Å². The van der Waals surface area contributed by atoms with Crippen molar-refractivity contribution in [2.24, 2.45) is 11.8 Å². The maximum absolute atomic E-state index is 11.7. The van der Waals surface area contributed by atoms with Gasteiger partial charge in [-0.25, -0.2) is 13.2 Å². The Morgan fingerprint density at radius 1 is 0.810 bits per heavy atom. The molecule has 0 aromatic heterocycles. The van der Waals surface area contributed by atoms with Crippen LogP contribution in [0.25, 0.3) is 0 Å². The van der Waals surface area contributed by atoms with Crippen LogP contribution in [0.2, 0.25) is 0 Å². The Labute approximate surface area is 240 Å². The van der Waals surface area contributed by atoms with E-state index >= 15 is 0 Å². The van der Waals surface area contributed by atoms with Crippen LogP contribution in [-0.4, -0.2) is 143 Å². The Kier molecular flexibility index (Phi) is 13.4. The maximum Gasteiger partial charge on any atom is 0.413 e. The third kappa shape index (κ3) is 11.1. The highest BCUT2D eigenvalue weighted by Gasteiger charge is 2.50. The molecule has 2 rings (SSSR count). The van der Waals surface area contributed by atoms with Crippen molar-refractivity contribution in [3.8, 4) is 0 Å². The van der Waals surface area contributed by atoms with Gasteiger partial charge in [0.05, 0.1) is 50.8 Å². The molecule has 0 spiro atoms. The highest BCUT2D eigenvalue weighted by molar-refractivity contribution is 7.81. The number of carboxylic acid groups (broad SMARTS) is 1. The second-order valence-electron chi connectivity index (χ2n) is 9.21. The first-order valence-electron chi connectivity index (χ1n) is 11.9. The van der Waals surface area contributed by atoms with Crippen molar-refractivity contribution in [1.82, 2.24) is 5.48 Å². The van der Waals surface area contributed by atoms with E-state index in [1.165, 1.54) is 14.0 Å². The predicted octanol–water partition coefficient (Wildman–Crippen LogP) is -3.67. The van der Waals surface area contributed by atoms with Gasteiger partial charge in [-0.05, 0) is 6.42 Å². The molecule has 0 radical (unpaired) electrons. The highest BCUT2D eigenvalue weighted by atomic mass is 32.3. The van der Waals surface area contributed by atoms with Crippen molar-refractivity contribution in [3.63, 3.8) is 0 Å². The predicted molar refractivity (Wildman–Crippen MR) is 130 cm³/mol. The summed E-state index contributed by atoms with van der Waals surface area (Å²) in [5.41, 5.74) is 1.88. The molecule has 10 unspecified atom stereocenters. The zero-order valence-corrected chi connectivity index (χ0v) is 24.4. The van der Waals surface area contributed by atoms with Crippen molar-refractivity contribution in [1.29, 1.82) is 0 Å². The monoisotopic (exact) mass is 679 g/mol. The van der Waals surface area contributed by atoms with Gasteiger partial charge in [0.2, 0.25) is 0 Å². The zero-order valence-electron chi connectivity index (χ0n) is 21.9. The van der Waals surface area contributed by atoms with E-state index in [1.807, 2.05) is 5.48 Å². The van der Waals surface area contributed by atoms with Crippen LogP contribution < -0.4 is 5.48 Å². The lowest BCUT2D eigenvalue weighted by atomic mass is 9.84. The second kappa shape index (κ2) is 15.2. The molecule has 0 amide bonds. The summed E-state index contributed by atoms with van der Waals surface area (Å²) >= 11 is 0. The van der Waals surface area contributed by atoms with Crippen LogP contribution in [-0.2, 0) is 67.6 Å². The molecule has 2 aliphatic heterocycles. The van der Waals surface area contributed by atoms with E-state index in [1.54, 1.807) is 0 Å². The number of aliphatic carboxylic acids is 1. The van der Waals surface area contributed by atoms with Gasteiger partial charge in [-0.15, -0.1) is 0 Å². The average molecular weight is 680 g/mol. The van der Waals surface area contributed by atoms with E-state index in [9.17, 15) is 49.9 Å². The number of hydrogen-bond donors (Lipinski definition) is 7. The second-order valence-corrected chi connectivity index (χ2v) is 12.4. The molecule has 0 aromatic rings. The van der Waals surface area contributed by atoms with Gasteiger partial charge < -0.3 is 34.3 Å². The highest BCUT2D eigenvalue weighted by Crippen LogP contribution is 2.33. The number of nitrogens with one attached hydrogen (secondary N) is 1. The molecule has 2 heterocycles. The summed E-state index contributed by atoms with van der Waals surface area (Å²) in [7, 11) is -14.1. The minimum absolute atomic E-state index is 0.000751. The van der Waals surface area contributed by atoms with E-state index in [-0.39, 0.29) is 13.0 Å². The molecular weight excluding hydrogens is 646 g/mol. The molecule has 2 fully saturated rings. The van der Waals surface area contributed by atoms with Gasteiger partial charge in [0, 0.05) is 18.9 Å². The van der Waals surface area contributed by atoms with Gasteiger partial charge >= 0.3 is 37.2 Å². The SMILES string of the molecule is CCC1C(C(=O)O)OC(COCC2C(COS(=O)(=O)O)OC(COC)C(NOS(=O)(=O)O)C2O)C(OS(=O)(=O)O)C1O. The van der Waals surface area contributed by atoms with Crippen molar-refractivity contribution in [3.05, 3.63) is 0 Å². The molecule has 7 N–H and O–H groups in total. The Hall–Kier alpha value is -1.20. The number of aliphatic hydroxyl groups excluding tert-OH is 2. The van der Waals surface area contributed by atoms with E-state index < -0.39 is 118 Å². The van der Waals surface area contributed by atoms with E-state index in [4.69, 9.17) is 28.1 Å². The number of rotatable bonds is 16. The largest absolute Gasteiger partial charge is 0.479 e. The lowest BCUT2D eigenvalue weighted by Gasteiger charge is -2.45.